The first-order chi connectivity index (χ1) is 6.18. The Kier molecular flexibility index (Phi) is 1.68. The summed E-state index contributed by atoms with van der Waals surface area (Å²) in [6, 6.07) is 0. The number of hydrogen-bond donors (Lipinski definition) is 2. The maximum absolute atomic E-state index is 11.4. The number of anilines is 1. The lowest BCUT2D eigenvalue weighted by molar-refractivity contribution is -0.118. The number of amides is 1. The van der Waals surface area contributed by atoms with Crippen molar-refractivity contribution in [1.82, 2.24) is 14.9 Å². The molecule has 1 aromatic heterocycles. The van der Waals surface area contributed by atoms with Crippen LogP contribution in [0, 0.1) is 11.8 Å². The number of rotatable bonds is 2. The lowest BCUT2D eigenvalue weighted by atomic mass is 10.3. The van der Waals surface area contributed by atoms with Gasteiger partial charge >= 0.3 is 0 Å². The van der Waals surface area contributed by atoms with Crippen LogP contribution in [-0.2, 0) is 4.79 Å². The van der Waals surface area contributed by atoms with Crippen molar-refractivity contribution in [3.63, 3.8) is 0 Å². The van der Waals surface area contributed by atoms with E-state index in [-0.39, 0.29) is 17.8 Å². The Morgan fingerprint density at radius 1 is 1.85 bits per heavy atom. The standard InChI is InChI=1S/C7H11N5O/c1-4-2-5(4)6(13)11-12-3-9-10-7(12)8/h3-5H,2H2,1H3,(H2,8,10)(H,11,13). The SMILES string of the molecule is CC1CC1C(=O)Nn1cnnc1N. The van der Waals surface area contributed by atoms with Gasteiger partial charge in [0.25, 0.3) is 0 Å². The van der Waals surface area contributed by atoms with Crippen molar-refractivity contribution < 1.29 is 4.79 Å². The molecule has 1 saturated carbocycles. The third-order valence-electron chi connectivity index (χ3n) is 2.25. The highest BCUT2D eigenvalue weighted by Gasteiger charge is 2.39. The van der Waals surface area contributed by atoms with Crippen LogP contribution in [0.3, 0.4) is 0 Å². The van der Waals surface area contributed by atoms with Gasteiger partial charge in [-0.15, -0.1) is 10.2 Å². The molecule has 0 aromatic carbocycles. The van der Waals surface area contributed by atoms with Crippen molar-refractivity contribution in [1.29, 1.82) is 0 Å². The van der Waals surface area contributed by atoms with Gasteiger partial charge in [0, 0.05) is 5.92 Å². The third-order valence-corrected chi connectivity index (χ3v) is 2.25. The lowest BCUT2D eigenvalue weighted by Crippen LogP contribution is -2.25. The van der Waals surface area contributed by atoms with Gasteiger partial charge in [-0.3, -0.25) is 10.2 Å². The fraction of sp³-hybridized carbons (Fsp3) is 0.571. The Morgan fingerprint density at radius 3 is 3.00 bits per heavy atom. The first kappa shape index (κ1) is 8.03. The van der Waals surface area contributed by atoms with Crippen molar-refractivity contribution in [2.24, 2.45) is 11.8 Å². The maximum Gasteiger partial charge on any atom is 0.242 e. The first-order valence-electron chi connectivity index (χ1n) is 4.15. The van der Waals surface area contributed by atoms with E-state index in [0.717, 1.165) is 6.42 Å². The van der Waals surface area contributed by atoms with Gasteiger partial charge in [0.1, 0.15) is 6.33 Å². The second-order valence-electron chi connectivity index (χ2n) is 3.35. The minimum absolute atomic E-state index is 0.0148. The van der Waals surface area contributed by atoms with Gasteiger partial charge in [-0.2, -0.15) is 0 Å². The number of nitrogen functional groups attached to an aromatic ring is 1. The summed E-state index contributed by atoms with van der Waals surface area (Å²) >= 11 is 0. The Morgan fingerprint density at radius 2 is 2.54 bits per heavy atom. The molecular weight excluding hydrogens is 170 g/mol. The molecule has 1 aliphatic carbocycles. The van der Waals surface area contributed by atoms with E-state index in [4.69, 9.17) is 5.73 Å². The number of aromatic nitrogens is 3. The summed E-state index contributed by atoms with van der Waals surface area (Å²) in [4.78, 5) is 11.4. The molecule has 0 radical (unpaired) electrons. The summed E-state index contributed by atoms with van der Waals surface area (Å²) in [5.41, 5.74) is 8.03. The molecule has 70 valence electrons. The average molecular weight is 181 g/mol. The van der Waals surface area contributed by atoms with E-state index >= 15 is 0 Å². The number of carbonyl (C=O) groups is 1. The Balaban J connectivity index is 1.99. The largest absolute Gasteiger partial charge is 0.366 e. The van der Waals surface area contributed by atoms with E-state index in [0.29, 0.717) is 5.92 Å². The molecule has 2 rings (SSSR count). The monoisotopic (exact) mass is 181 g/mol. The molecule has 1 amide bonds. The van der Waals surface area contributed by atoms with Gasteiger partial charge in [0.05, 0.1) is 0 Å². The van der Waals surface area contributed by atoms with Crippen LogP contribution >= 0.6 is 0 Å². The summed E-state index contributed by atoms with van der Waals surface area (Å²) in [5, 5.41) is 7.09. The minimum Gasteiger partial charge on any atom is -0.366 e. The van der Waals surface area contributed by atoms with Crippen molar-refractivity contribution in [3.8, 4) is 0 Å². The zero-order chi connectivity index (χ0) is 9.42. The second kappa shape index (κ2) is 2.72. The van der Waals surface area contributed by atoms with Gasteiger partial charge < -0.3 is 5.73 Å². The Labute approximate surface area is 75.1 Å². The topological polar surface area (TPSA) is 85.8 Å². The van der Waals surface area contributed by atoms with E-state index in [1.807, 2.05) is 6.92 Å². The van der Waals surface area contributed by atoms with Crippen LogP contribution in [0.15, 0.2) is 6.33 Å². The molecule has 0 bridgehead atoms. The molecular formula is C7H11N5O. The fourth-order valence-electron chi connectivity index (χ4n) is 1.22. The summed E-state index contributed by atoms with van der Waals surface area (Å²) in [5.74, 6) is 0.792. The highest BCUT2D eigenvalue weighted by molar-refractivity contribution is 5.88. The predicted molar refractivity (Wildman–Crippen MR) is 46.1 cm³/mol. The Bertz CT molecular complexity index is 333. The summed E-state index contributed by atoms with van der Waals surface area (Å²) in [6.45, 7) is 2.04. The van der Waals surface area contributed by atoms with E-state index in [1.54, 1.807) is 0 Å². The summed E-state index contributed by atoms with van der Waals surface area (Å²) in [6.07, 6.45) is 2.33. The van der Waals surface area contributed by atoms with Gasteiger partial charge in [-0.1, -0.05) is 6.92 Å². The van der Waals surface area contributed by atoms with Crippen LogP contribution < -0.4 is 11.2 Å². The minimum atomic E-state index is -0.0148. The van der Waals surface area contributed by atoms with Crippen LogP contribution in [0.2, 0.25) is 0 Å². The van der Waals surface area contributed by atoms with Gasteiger partial charge in [-0.05, 0) is 12.3 Å². The number of nitrogens with two attached hydrogens (primary N) is 1. The van der Waals surface area contributed by atoms with Crippen molar-refractivity contribution in [2.45, 2.75) is 13.3 Å². The molecule has 2 atom stereocenters. The molecule has 6 heteroatoms. The number of nitrogens with one attached hydrogen (secondary N) is 1. The van der Waals surface area contributed by atoms with Gasteiger partial charge in [0.2, 0.25) is 11.9 Å². The van der Waals surface area contributed by atoms with Crippen molar-refractivity contribution in [3.05, 3.63) is 6.33 Å². The third kappa shape index (κ3) is 1.47. The molecule has 1 heterocycles. The van der Waals surface area contributed by atoms with E-state index < -0.39 is 0 Å². The average Bonchev–Trinajstić information content (AvgIpc) is 2.68. The predicted octanol–water partition coefficient (Wildman–Crippen LogP) is -0.414. The summed E-state index contributed by atoms with van der Waals surface area (Å²) in [7, 11) is 0. The second-order valence-corrected chi connectivity index (χ2v) is 3.35. The normalized spacial score (nSPS) is 25.6. The van der Waals surface area contributed by atoms with Gasteiger partial charge in [0.15, 0.2) is 0 Å². The smallest absolute Gasteiger partial charge is 0.242 e. The molecule has 6 nitrogen and oxygen atoms in total. The molecule has 1 fully saturated rings. The maximum atomic E-state index is 11.4. The van der Waals surface area contributed by atoms with E-state index in [2.05, 4.69) is 15.6 Å². The lowest BCUT2D eigenvalue weighted by Gasteiger charge is -2.04. The fourth-order valence-corrected chi connectivity index (χ4v) is 1.22. The number of carbonyl (C=O) groups excluding carboxylic acids is 1. The number of nitrogens with zero attached hydrogens (tertiary/aromatic N) is 3. The first-order valence-corrected chi connectivity index (χ1v) is 4.15. The van der Waals surface area contributed by atoms with Crippen LogP contribution in [0.1, 0.15) is 13.3 Å². The highest BCUT2D eigenvalue weighted by atomic mass is 16.2. The molecule has 0 saturated heterocycles. The summed E-state index contributed by atoms with van der Waals surface area (Å²) < 4.78 is 1.33. The molecule has 1 aromatic rings. The van der Waals surface area contributed by atoms with Crippen LogP contribution in [0.5, 0.6) is 0 Å². The molecule has 1 aliphatic rings. The zero-order valence-electron chi connectivity index (χ0n) is 7.27. The Hall–Kier alpha value is -1.59. The van der Waals surface area contributed by atoms with Gasteiger partial charge in [-0.25, -0.2) is 4.68 Å². The molecule has 0 spiro atoms. The van der Waals surface area contributed by atoms with Crippen molar-refractivity contribution in [2.75, 3.05) is 11.2 Å². The van der Waals surface area contributed by atoms with E-state index in [9.17, 15) is 4.79 Å². The highest BCUT2D eigenvalue weighted by Crippen LogP contribution is 2.37. The van der Waals surface area contributed by atoms with Crippen LogP contribution in [-0.4, -0.2) is 20.8 Å². The molecule has 0 aliphatic heterocycles. The van der Waals surface area contributed by atoms with Crippen LogP contribution in [0.4, 0.5) is 5.95 Å². The van der Waals surface area contributed by atoms with E-state index in [1.165, 1.54) is 11.0 Å². The zero-order valence-corrected chi connectivity index (χ0v) is 7.27. The van der Waals surface area contributed by atoms with Crippen LogP contribution in [0.25, 0.3) is 0 Å². The quantitative estimate of drug-likeness (QED) is 0.649. The van der Waals surface area contributed by atoms with Crippen molar-refractivity contribution >= 4 is 11.9 Å². The molecule has 13 heavy (non-hydrogen) atoms. The number of hydrogen-bond acceptors (Lipinski definition) is 4. The molecule has 3 N–H and O–H groups in total. The molecule has 2 unspecified atom stereocenters.